The molecule has 1 aromatic carbocycles. The van der Waals surface area contributed by atoms with Gasteiger partial charge in [0.25, 0.3) is 5.91 Å². The van der Waals surface area contributed by atoms with Crippen LogP contribution in [0.25, 0.3) is 0 Å². The predicted molar refractivity (Wildman–Crippen MR) is 103 cm³/mol. The Hall–Kier alpha value is -2.23. The van der Waals surface area contributed by atoms with Crippen molar-refractivity contribution in [2.45, 2.75) is 24.7 Å². The van der Waals surface area contributed by atoms with Gasteiger partial charge in [-0.15, -0.1) is 11.3 Å². The van der Waals surface area contributed by atoms with Crippen LogP contribution in [0.1, 0.15) is 39.8 Å². The SMILES string of the molecule is CCOC(=O)c1ccc(NC(=O)c2cc(S(=O)(=O)N3CCCC3)cs2)cc1. The molecule has 0 atom stereocenters. The molecule has 27 heavy (non-hydrogen) atoms. The first-order valence-electron chi connectivity index (χ1n) is 8.59. The monoisotopic (exact) mass is 408 g/mol. The van der Waals surface area contributed by atoms with E-state index in [9.17, 15) is 18.0 Å². The van der Waals surface area contributed by atoms with Gasteiger partial charge in [-0.1, -0.05) is 0 Å². The Morgan fingerprint density at radius 3 is 2.48 bits per heavy atom. The Morgan fingerprint density at radius 2 is 1.85 bits per heavy atom. The number of esters is 1. The maximum absolute atomic E-state index is 12.5. The van der Waals surface area contributed by atoms with E-state index in [1.54, 1.807) is 31.2 Å². The standard InChI is InChI=1S/C18H20N2O5S2/c1-2-25-18(22)13-5-7-14(8-6-13)19-17(21)16-11-15(12-26-16)27(23,24)20-9-3-4-10-20/h5-8,11-12H,2-4,9-10H2,1H3,(H,19,21). The molecular formula is C18H20N2O5S2. The van der Waals surface area contributed by atoms with E-state index in [0.29, 0.717) is 35.8 Å². The molecule has 0 saturated carbocycles. The molecule has 144 valence electrons. The number of sulfonamides is 1. The topological polar surface area (TPSA) is 92.8 Å². The first-order valence-corrected chi connectivity index (χ1v) is 10.9. The fraction of sp³-hybridized carbons (Fsp3) is 0.333. The summed E-state index contributed by atoms with van der Waals surface area (Å²) in [6.45, 7) is 3.06. The maximum Gasteiger partial charge on any atom is 0.338 e. The van der Waals surface area contributed by atoms with Crippen LogP contribution >= 0.6 is 11.3 Å². The van der Waals surface area contributed by atoms with E-state index >= 15 is 0 Å². The van der Waals surface area contributed by atoms with Gasteiger partial charge < -0.3 is 10.1 Å². The molecule has 1 aromatic heterocycles. The Balaban J connectivity index is 1.68. The molecule has 3 rings (SSSR count). The molecule has 1 N–H and O–H groups in total. The Morgan fingerprint density at radius 1 is 1.19 bits per heavy atom. The van der Waals surface area contributed by atoms with Gasteiger partial charge in [0.2, 0.25) is 10.0 Å². The van der Waals surface area contributed by atoms with Gasteiger partial charge in [0.15, 0.2) is 0 Å². The zero-order chi connectivity index (χ0) is 19.4. The van der Waals surface area contributed by atoms with E-state index < -0.39 is 21.9 Å². The van der Waals surface area contributed by atoms with Gasteiger partial charge in [0, 0.05) is 24.2 Å². The highest BCUT2D eigenvalue weighted by Gasteiger charge is 2.28. The Labute approximate surface area is 162 Å². The number of amides is 1. The minimum absolute atomic E-state index is 0.150. The molecule has 9 heteroatoms. The van der Waals surface area contributed by atoms with Crippen LogP contribution in [0.5, 0.6) is 0 Å². The van der Waals surface area contributed by atoms with Crippen molar-refractivity contribution in [3.8, 4) is 0 Å². The zero-order valence-corrected chi connectivity index (χ0v) is 16.4. The van der Waals surface area contributed by atoms with Crippen molar-refractivity contribution < 1.29 is 22.7 Å². The summed E-state index contributed by atoms with van der Waals surface area (Å²) in [4.78, 5) is 24.5. The second-order valence-corrected chi connectivity index (χ2v) is 8.86. The fourth-order valence-electron chi connectivity index (χ4n) is 2.75. The lowest BCUT2D eigenvalue weighted by atomic mass is 10.2. The largest absolute Gasteiger partial charge is 0.462 e. The highest BCUT2D eigenvalue weighted by atomic mass is 32.2. The number of anilines is 1. The van der Waals surface area contributed by atoms with Gasteiger partial charge >= 0.3 is 5.97 Å². The van der Waals surface area contributed by atoms with E-state index in [1.165, 1.54) is 15.8 Å². The number of benzene rings is 1. The van der Waals surface area contributed by atoms with Crippen molar-refractivity contribution >= 4 is 38.9 Å². The summed E-state index contributed by atoms with van der Waals surface area (Å²) >= 11 is 1.09. The molecule has 2 aromatic rings. The first-order chi connectivity index (χ1) is 12.9. The molecule has 0 unspecified atom stereocenters. The number of carbonyl (C=O) groups is 2. The number of hydrogen-bond acceptors (Lipinski definition) is 6. The minimum atomic E-state index is -3.53. The summed E-state index contributed by atoms with van der Waals surface area (Å²) in [6.07, 6.45) is 1.72. The molecule has 0 aliphatic carbocycles. The van der Waals surface area contributed by atoms with Crippen molar-refractivity contribution in [3.63, 3.8) is 0 Å². The van der Waals surface area contributed by atoms with E-state index in [1.807, 2.05) is 0 Å². The van der Waals surface area contributed by atoms with Crippen LogP contribution in [0.3, 0.4) is 0 Å². The second-order valence-electron chi connectivity index (χ2n) is 6.01. The smallest absolute Gasteiger partial charge is 0.338 e. The van der Waals surface area contributed by atoms with Crippen molar-refractivity contribution in [2.75, 3.05) is 25.0 Å². The lowest BCUT2D eigenvalue weighted by molar-refractivity contribution is 0.0526. The summed E-state index contributed by atoms with van der Waals surface area (Å²) in [7, 11) is -3.53. The van der Waals surface area contributed by atoms with Crippen LogP contribution in [0.4, 0.5) is 5.69 Å². The highest BCUT2D eigenvalue weighted by molar-refractivity contribution is 7.89. The number of ether oxygens (including phenoxy) is 1. The minimum Gasteiger partial charge on any atom is -0.462 e. The van der Waals surface area contributed by atoms with Crippen LogP contribution in [-0.4, -0.2) is 44.3 Å². The van der Waals surface area contributed by atoms with E-state index in [4.69, 9.17) is 4.74 Å². The van der Waals surface area contributed by atoms with Crippen molar-refractivity contribution in [1.82, 2.24) is 4.31 Å². The molecule has 1 aliphatic rings. The molecule has 2 heterocycles. The number of hydrogen-bond donors (Lipinski definition) is 1. The van der Waals surface area contributed by atoms with Gasteiger partial charge in [0.1, 0.15) is 0 Å². The lowest BCUT2D eigenvalue weighted by Gasteiger charge is -2.13. The molecule has 0 bridgehead atoms. The quantitative estimate of drug-likeness (QED) is 0.742. The second kappa shape index (κ2) is 8.20. The number of nitrogens with one attached hydrogen (secondary N) is 1. The Bertz CT molecular complexity index is 929. The molecule has 1 fully saturated rings. The zero-order valence-electron chi connectivity index (χ0n) is 14.8. The van der Waals surface area contributed by atoms with E-state index in [0.717, 1.165) is 24.2 Å². The molecule has 1 amide bonds. The lowest BCUT2D eigenvalue weighted by Crippen LogP contribution is -2.27. The predicted octanol–water partition coefficient (Wildman–Crippen LogP) is 2.96. The number of rotatable bonds is 6. The summed E-state index contributed by atoms with van der Waals surface area (Å²) in [5.74, 6) is -0.822. The van der Waals surface area contributed by atoms with E-state index in [2.05, 4.69) is 5.32 Å². The summed E-state index contributed by atoms with van der Waals surface area (Å²) in [5.41, 5.74) is 0.898. The summed E-state index contributed by atoms with van der Waals surface area (Å²) in [5, 5.41) is 4.19. The van der Waals surface area contributed by atoms with Gasteiger partial charge in [-0.2, -0.15) is 4.31 Å². The molecule has 1 saturated heterocycles. The average molecular weight is 409 g/mol. The third kappa shape index (κ3) is 4.37. The Kier molecular flexibility index (Phi) is 5.93. The maximum atomic E-state index is 12.5. The molecule has 0 spiro atoms. The van der Waals surface area contributed by atoms with Crippen LogP contribution in [0.2, 0.25) is 0 Å². The van der Waals surface area contributed by atoms with Gasteiger partial charge in [-0.3, -0.25) is 4.79 Å². The third-order valence-corrected chi connectivity index (χ3v) is 7.11. The van der Waals surface area contributed by atoms with Crippen molar-refractivity contribution in [1.29, 1.82) is 0 Å². The fourth-order valence-corrected chi connectivity index (χ4v) is 5.42. The van der Waals surface area contributed by atoms with E-state index in [-0.39, 0.29) is 4.90 Å². The average Bonchev–Trinajstić information content (AvgIpc) is 3.35. The van der Waals surface area contributed by atoms with Crippen LogP contribution in [0.15, 0.2) is 40.6 Å². The van der Waals surface area contributed by atoms with Crippen molar-refractivity contribution in [3.05, 3.63) is 46.2 Å². The first kappa shape index (κ1) is 19.5. The van der Waals surface area contributed by atoms with Crippen LogP contribution in [0, 0.1) is 0 Å². The van der Waals surface area contributed by atoms with Crippen LogP contribution < -0.4 is 5.32 Å². The molecule has 7 nitrogen and oxygen atoms in total. The van der Waals surface area contributed by atoms with Gasteiger partial charge in [-0.25, -0.2) is 13.2 Å². The number of carbonyl (C=O) groups excluding carboxylic acids is 2. The molecular weight excluding hydrogens is 388 g/mol. The summed E-state index contributed by atoms with van der Waals surface area (Å²) in [6, 6.07) is 7.72. The number of nitrogens with zero attached hydrogens (tertiary/aromatic N) is 1. The molecule has 0 radical (unpaired) electrons. The molecule has 1 aliphatic heterocycles. The highest BCUT2D eigenvalue weighted by Crippen LogP contribution is 2.26. The van der Waals surface area contributed by atoms with Gasteiger partial charge in [-0.05, 0) is 50.1 Å². The summed E-state index contributed by atoms with van der Waals surface area (Å²) < 4.78 is 31.4. The number of thiophene rings is 1. The van der Waals surface area contributed by atoms with Crippen molar-refractivity contribution in [2.24, 2.45) is 0 Å². The normalized spacial score (nSPS) is 14.9. The van der Waals surface area contributed by atoms with Gasteiger partial charge in [0.05, 0.1) is 21.9 Å². The third-order valence-electron chi connectivity index (χ3n) is 4.16. The van der Waals surface area contributed by atoms with Crippen LogP contribution in [-0.2, 0) is 14.8 Å².